The van der Waals surface area contributed by atoms with Crippen LogP contribution in [0, 0.1) is 0 Å². The van der Waals surface area contributed by atoms with Crippen molar-refractivity contribution in [1.82, 2.24) is 5.32 Å². The SMILES string of the molecule is NCCNC(=O)CCCCCN1C(=CC=C2C=CC(=O)c3ccccc32)C=Cc2ccccc21. The summed E-state index contributed by atoms with van der Waals surface area (Å²) in [5.74, 6) is 0.119. The molecule has 174 valence electrons. The first-order valence-corrected chi connectivity index (χ1v) is 11.9. The average Bonchev–Trinajstić information content (AvgIpc) is 2.87. The molecule has 0 bridgehead atoms. The summed E-state index contributed by atoms with van der Waals surface area (Å²) < 4.78 is 0. The van der Waals surface area contributed by atoms with Gasteiger partial charge in [0.25, 0.3) is 0 Å². The van der Waals surface area contributed by atoms with E-state index in [1.807, 2.05) is 30.3 Å². The number of amides is 1. The summed E-state index contributed by atoms with van der Waals surface area (Å²) in [6, 6.07) is 16.1. The zero-order valence-corrected chi connectivity index (χ0v) is 19.4. The summed E-state index contributed by atoms with van der Waals surface area (Å²) in [6.07, 6.45) is 15.4. The number of ketones is 1. The lowest BCUT2D eigenvalue weighted by Crippen LogP contribution is -2.28. The number of nitrogens with one attached hydrogen (secondary N) is 1. The predicted molar refractivity (Wildman–Crippen MR) is 139 cm³/mol. The monoisotopic (exact) mass is 453 g/mol. The molecule has 1 aliphatic heterocycles. The van der Waals surface area contributed by atoms with Gasteiger partial charge in [-0.15, -0.1) is 0 Å². The van der Waals surface area contributed by atoms with Gasteiger partial charge in [-0.05, 0) is 53.8 Å². The van der Waals surface area contributed by atoms with E-state index in [0.717, 1.165) is 48.2 Å². The topological polar surface area (TPSA) is 75.4 Å². The molecule has 0 saturated heterocycles. The fraction of sp³-hybridized carbons (Fsp3) is 0.241. The molecule has 5 nitrogen and oxygen atoms in total. The fourth-order valence-electron chi connectivity index (χ4n) is 4.32. The van der Waals surface area contributed by atoms with Gasteiger partial charge >= 0.3 is 0 Å². The van der Waals surface area contributed by atoms with Crippen LogP contribution in [0.25, 0.3) is 11.6 Å². The highest BCUT2D eigenvalue weighted by Crippen LogP contribution is 2.32. The Labute approximate surface area is 201 Å². The standard InChI is InChI=1S/C29H31N3O2/c30-19-20-31-29(34)12-2-1-7-21-32-24(17-14-23-8-3-6-11-27(23)32)16-13-22-15-18-28(33)26-10-5-4-9-25(22)26/h3-6,8-11,13-18H,1-2,7,12,19-21,30H2,(H,31,34). The highest BCUT2D eigenvalue weighted by molar-refractivity contribution is 6.12. The van der Waals surface area contributed by atoms with Crippen molar-refractivity contribution in [3.05, 3.63) is 101 Å². The van der Waals surface area contributed by atoms with Crippen LogP contribution in [0.4, 0.5) is 5.69 Å². The van der Waals surface area contributed by atoms with E-state index in [0.29, 0.717) is 19.5 Å². The van der Waals surface area contributed by atoms with Gasteiger partial charge in [0.15, 0.2) is 5.78 Å². The first kappa shape index (κ1) is 23.5. The maximum absolute atomic E-state index is 12.2. The molecule has 0 radical (unpaired) electrons. The average molecular weight is 454 g/mol. The Morgan fingerprint density at radius 3 is 2.53 bits per heavy atom. The molecule has 2 aliphatic rings. The summed E-state index contributed by atoms with van der Waals surface area (Å²) in [4.78, 5) is 26.3. The largest absolute Gasteiger partial charge is 0.355 e. The summed E-state index contributed by atoms with van der Waals surface area (Å²) in [5.41, 5.74) is 11.7. The number of anilines is 1. The number of unbranched alkanes of at least 4 members (excludes halogenated alkanes) is 2. The highest BCUT2D eigenvalue weighted by atomic mass is 16.1. The maximum Gasteiger partial charge on any atom is 0.220 e. The van der Waals surface area contributed by atoms with E-state index in [1.165, 1.54) is 11.3 Å². The molecule has 1 amide bonds. The summed E-state index contributed by atoms with van der Waals surface area (Å²) in [6.45, 7) is 1.87. The van der Waals surface area contributed by atoms with E-state index in [1.54, 1.807) is 6.08 Å². The highest BCUT2D eigenvalue weighted by Gasteiger charge is 2.18. The number of nitrogens with zero attached hydrogens (tertiary/aromatic N) is 1. The molecule has 3 N–H and O–H groups in total. The molecule has 34 heavy (non-hydrogen) atoms. The van der Waals surface area contributed by atoms with Crippen LogP contribution in [0.3, 0.4) is 0 Å². The first-order valence-electron chi connectivity index (χ1n) is 11.9. The Morgan fingerprint density at radius 1 is 0.882 bits per heavy atom. The van der Waals surface area contributed by atoms with Crippen LogP contribution in [0.5, 0.6) is 0 Å². The first-order chi connectivity index (χ1) is 16.7. The van der Waals surface area contributed by atoms with E-state index < -0.39 is 0 Å². The second-order valence-electron chi connectivity index (χ2n) is 8.45. The number of carbonyl (C=O) groups is 2. The lowest BCUT2D eigenvalue weighted by Gasteiger charge is -2.30. The van der Waals surface area contributed by atoms with Gasteiger partial charge in [0.2, 0.25) is 5.91 Å². The number of hydrogen-bond donors (Lipinski definition) is 2. The van der Waals surface area contributed by atoms with E-state index in [4.69, 9.17) is 5.73 Å². The van der Waals surface area contributed by atoms with Gasteiger partial charge in [-0.1, -0.05) is 67.1 Å². The van der Waals surface area contributed by atoms with Crippen molar-refractivity contribution >= 4 is 29.0 Å². The van der Waals surface area contributed by atoms with Crippen LogP contribution in [-0.2, 0) is 4.79 Å². The molecule has 0 fully saturated rings. The number of benzene rings is 2. The van der Waals surface area contributed by atoms with Gasteiger partial charge in [0.1, 0.15) is 0 Å². The van der Waals surface area contributed by atoms with E-state index in [2.05, 4.69) is 58.8 Å². The second-order valence-corrected chi connectivity index (χ2v) is 8.45. The maximum atomic E-state index is 12.2. The van der Waals surface area contributed by atoms with Gasteiger partial charge in [0, 0.05) is 43.0 Å². The number of para-hydroxylation sites is 1. The van der Waals surface area contributed by atoms with E-state index >= 15 is 0 Å². The van der Waals surface area contributed by atoms with Gasteiger partial charge in [-0.25, -0.2) is 0 Å². The zero-order valence-electron chi connectivity index (χ0n) is 19.4. The molecule has 0 aromatic heterocycles. The predicted octanol–water partition coefficient (Wildman–Crippen LogP) is 4.88. The lowest BCUT2D eigenvalue weighted by atomic mass is 9.91. The van der Waals surface area contributed by atoms with Crippen LogP contribution in [-0.4, -0.2) is 31.3 Å². The second kappa shape index (κ2) is 11.4. The van der Waals surface area contributed by atoms with Crippen molar-refractivity contribution < 1.29 is 9.59 Å². The van der Waals surface area contributed by atoms with Crippen molar-refractivity contribution in [2.24, 2.45) is 5.73 Å². The Morgan fingerprint density at radius 2 is 1.68 bits per heavy atom. The summed E-state index contributed by atoms with van der Waals surface area (Å²) in [7, 11) is 0. The molecule has 0 atom stereocenters. The zero-order chi connectivity index (χ0) is 23.8. The van der Waals surface area contributed by atoms with Gasteiger partial charge in [0.05, 0.1) is 0 Å². The Bertz CT molecular complexity index is 1170. The molecular weight excluding hydrogens is 422 g/mol. The number of allylic oxidation sites excluding steroid dienone is 6. The molecule has 0 unspecified atom stereocenters. The normalized spacial score (nSPS) is 16.6. The third-order valence-corrected chi connectivity index (χ3v) is 6.08. The quantitative estimate of drug-likeness (QED) is 0.531. The molecule has 5 heteroatoms. The molecule has 1 heterocycles. The van der Waals surface area contributed by atoms with Crippen molar-refractivity contribution in [2.75, 3.05) is 24.5 Å². The molecule has 2 aromatic carbocycles. The third-order valence-electron chi connectivity index (χ3n) is 6.08. The number of nitrogens with two attached hydrogens (primary N) is 1. The van der Waals surface area contributed by atoms with Crippen LogP contribution < -0.4 is 16.0 Å². The molecule has 1 aliphatic carbocycles. The van der Waals surface area contributed by atoms with Crippen LogP contribution in [0.1, 0.15) is 47.2 Å². The Hall–Kier alpha value is -3.70. The van der Waals surface area contributed by atoms with Gasteiger partial charge < -0.3 is 16.0 Å². The fourth-order valence-corrected chi connectivity index (χ4v) is 4.32. The lowest BCUT2D eigenvalue weighted by molar-refractivity contribution is -0.121. The van der Waals surface area contributed by atoms with Crippen LogP contribution in [0.2, 0.25) is 0 Å². The molecular formula is C29H31N3O2. The summed E-state index contributed by atoms with van der Waals surface area (Å²) >= 11 is 0. The minimum Gasteiger partial charge on any atom is -0.355 e. The molecule has 2 aromatic rings. The smallest absolute Gasteiger partial charge is 0.220 e. The van der Waals surface area contributed by atoms with E-state index in [-0.39, 0.29) is 11.7 Å². The van der Waals surface area contributed by atoms with Gasteiger partial charge in [-0.2, -0.15) is 0 Å². The van der Waals surface area contributed by atoms with Gasteiger partial charge in [-0.3, -0.25) is 9.59 Å². The van der Waals surface area contributed by atoms with Crippen molar-refractivity contribution in [2.45, 2.75) is 25.7 Å². The van der Waals surface area contributed by atoms with Crippen molar-refractivity contribution in [1.29, 1.82) is 0 Å². The van der Waals surface area contributed by atoms with Crippen molar-refractivity contribution in [3.8, 4) is 0 Å². The number of rotatable bonds is 9. The Balaban J connectivity index is 1.48. The van der Waals surface area contributed by atoms with E-state index in [9.17, 15) is 9.59 Å². The number of hydrogen-bond acceptors (Lipinski definition) is 4. The molecule has 0 saturated carbocycles. The number of fused-ring (bicyclic) bond motifs is 2. The number of carbonyl (C=O) groups excluding carboxylic acids is 2. The third kappa shape index (κ3) is 5.61. The summed E-state index contributed by atoms with van der Waals surface area (Å²) in [5, 5.41) is 2.82. The van der Waals surface area contributed by atoms with Crippen LogP contribution in [0.15, 0.2) is 84.6 Å². The van der Waals surface area contributed by atoms with Crippen molar-refractivity contribution in [3.63, 3.8) is 0 Å². The minimum atomic E-state index is 0.0465. The Kier molecular flexibility index (Phi) is 7.89. The molecule has 4 rings (SSSR count). The minimum absolute atomic E-state index is 0.0465. The molecule has 0 spiro atoms. The van der Waals surface area contributed by atoms with Crippen LogP contribution >= 0.6 is 0 Å².